The van der Waals surface area contributed by atoms with Crippen LogP contribution < -0.4 is 15.8 Å². The van der Waals surface area contributed by atoms with Crippen molar-refractivity contribution in [1.29, 1.82) is 0 Å². The maximum absolute atomic E-state index is 12.0. The summed E-state index contributed by atoms with van der Waals surface area (Å²) in [7, 11) is 0. The highest BCUT2D eigenvalue weighted by atomic mass is 35.5. The third kappa shape index (κ3) is 7.51. The van der Waals surface area contributed by atoms with Crippen LogP contribution in [0.5, 0.6) is 5.75 Å². The standard InChI is InChI=1S/C14H19F3N2O2.ClH/c1-9(2)7-11(8-18)19-13(20)10-3-5-12(6-4-10)21-14(15,16)17;/h3-6,9,11H,7-8,18H2,1-2H3,(H,19,20);1H. The van der Waals surface area contributed by atoms with Gasteiger partial charge in [0.15, 0.2) is 0 Å². The third-order valence-corrected chi connectivity index (χ3v) is 2.73. The number of carbonyl (C=O) groups is 1. The van der Waals surface area contributed by atoms with E-state index in [0.717, 1.165) is 18.6 Å². The zero-order chi connectivity index (χ0) is 16.0. The first-order valence-electron chi connectivity index (χ1n) is 6.58. The van der Waals surface area contributed by atoms with Crippen molar-refractivity contribution in [3.8, 4) is 5.75 Å². The van der Waals surface area contributed by atoms with Crippen LogP contribution in [0, 0.1) is 5.92 Å². The average molecular weight is 341 g/mol. The van der Waals surface area contributed by atoms with Gasteiger partial charge in [0, 0.05) is 18.2 Å². The minimum atomic E-state index is -4.74. The van der Waals surface area contributed by atoms with Crippen LogP contribution in [-0.2, 0) is 0 Å². The normalized spacial score (nSPS) is 12.5. The number of alkyl halides is 3. The molecule has 126 valence electrons. The highest BCUT2D eigenvalue weighted by Crippen LogP contribution is 2.22. The molecule has 1 amide bonds. The number of benzene rings is 1. The number of rotatable bonds is 6. The molecule has 0 spiro atoms. The molecule has 0 heterocycles. The second-order valence-corrected chi connectivity index (χ2v) is 5.11. The number of halogens is 4. The number of ether oxygens (including phenoxy) is 1. The van der Waals surface area contributed by atoms with Gasteiger partial charge in [-0.25, -0.2) is 0 Å². The van der Waals surface area contributed by atoms with Gasteiger partial charge < -0.3 is 15.8 Å². The van der Waals surface area contributed by atoms with Crippen LogP contribution in [-0.4, -0.2) is 24.9 Å². The van der Waals surface area contributed by atoms with E-state index >= 15 is 0 Å². The Morgan fingerprint density at radius 2 is 1.82 bits per heavy atom. The van der Waals surface area contributed by atoms with Gasteiger partial charge in [-0.3, -0.25) is 4.79 Å². The van der Waals surface area contributed by atoms with E-state index in [4.69, 9.17) is 5.73 Å². The quantitative estimate of drug-likeness (QED) is 0.836. The van der Waals surface area contributed by atoms with Gasteiger partial charge in [0.2, 0.25) is 0 Å². The van der Waals surface area contributed by atoms with Crippen molar-refractivity contribution in [2.24, 2.45) is 11.7 Å². The minimum absolute atomic E-state index is 0. The van der Waals surface area contributed by atoms with Crippen molar-refractivity contribution in [1.82, 2.24) is 5.32 Å². The summed E-state index contributed by atoms with van der Waals surface area (Å²) in [6, 6.07) is 4.59. The van der Waals surface area contributed by atoms with Gasteiger partial charge in [-0.2, -0.15) is 0 Å². The molecule has 0 aromatic heterocycles. The Kier molecular flexibility index (Phi) is 8.26. The van der Waals surface area contributed by atoms with E-state index in [0.29, 0.717) is 12.5 Å². The molecule has 0 aliphatic rings. The van der Waals surface area contributed by atoms with Crippen LogP contribution in [0.25, 0.3) is 0 Å². The Morgan fingerprint density at radius 3 is 2.23 bits per heavy atom. The molecule has 0 saturated heterocycles. The first-order chi connectivity index (χ1) is 9.71. The van der Waals surface area contributed by atoms with E-state index in [1.165, 1.54) is 12.1 Å². The summed E-state index contributed by atoms with van der Waals surface area (Å²) in [6.45, 7) is 4.33. The maximum atomic E-state index is 12.0. The Labute approximate surface area is 133 Å². The summed E-state index contributed by atoms with van der Waals surface area (Å²) in [6.07, 6.45) is -4.01. The van der Waals surface area contributed by atoms with Crippen molar-refractivity contribution in [2.75, 3.05) is 6.54 Å². The fraction of sp³-hybridized carbons (Fsp3) is 0.500. The predicted molar refractivity (Wildman–Crippen MR) is 80.1 cm³/mol. The van der Waals surface area contributed by atoms with Crippen LogP contribution in [0.2, 0.25) is 0 Å². The van der Waals surface area contributed by atoms with Gasteiger partial charge in [0.25, 0.3) is 5.91 Å². The molecule has 0 bridgehead atoms. The van der Waals surface area contributed by atoms with Gasteiger partial charge >= 0.3 is 6.36 Å². The Morgan fingerprint density at radius 1 is 1.27 bits per heavy atom. The number of carbonyl (C=O) groups excluding carboxylic acids is 1. The number of amides is 1. The molecule has 22 heavy (non-hydrogen) atoms. The lowest BCUT2D eigenvalue weighted by Crippen LogP contribution is -2.41. The van der Waals surface area contributed by atoms with Crippen molar-refractivity contribution < 1.29 is 22.7 Å². The second-order valence-electron chi connectivity index (χ2n) is 5.11. The van der Waals surface area contributed by atoms with Crippen molar-refractivity contribution >= 4 is 18.3 Å². The van der Waals surface area contributed by atoms with Crippen molar-refractivity contribution in [2.45, 2.75) is 32.7 Å². The first kappa shape index (κ1) is 20.5. The molecule has 1 atom stereocenters. The van der Waals surface area contributed by atoms with E-state index in [-0.39, 0.29) is 35.7 Å². The average Bonchev–Trinajstić information content (AvgIpc) is 2.36. The van der Waals surface area contributed by atoms with E-state index in [2.05, 4.69) is 10.1 Å². The topological polar surface area (TPSA) is 64.3 Å². The molecule has 1 rings (SSSR count). The second kappa shape index (κ2) is 8.85. The molecular weight excluding hydrogens is 321 g/mol. The molecule has 0 aliphatic heterocycles. The van der Waals surface area contributed by atoms with E-state index in [1.807, 2.05) is 13.8 Å². The molecule has 0 fully saturated rings. The maximum Gasteiger partial charge on any atom is 0.573 e. The van der Waals surface area contributed by atoms with Gasteiger partial charge in [-0.15, -0.1) is 25.6 Å². The summed E-state index contributed by atoms with van der Waals surface area (Å²) in [5, 5.41) is 2.76. The third-order valence-electron chi connectivity index (χ3n) is 2.73. The highest BCUT2D eigenvalue weighted by molar-refractivity contribution is 5.94. The summed E-state index contributed by atoms with van der Waals surface area (Å²) in [5.74, 6) is -0.359. The number of nitrogens with two attached hydrogens (primary N) is 1. The molecule has 4 nitrogen and oxygen atoms in total. The fourth-order valence-electron chi connectivity index (χ4n) is 1.86. The Hall–Kier alpha value is -1.47. The number of hydrogen-bond donors (Lipinski definition) is 2. The monoisotopic (exact) mass is 340 g/mol. The molecule has 0 radical (unpaired) electrons. The van der Waals surface area contributed by atoms with Gasteiger partial charge in [-0.1, -0.05) is 13.8 Å². The number of nitrogens with one attached hydrogen (secondary N) is 1. The highest BCUT2D eigenvalue weighted by Gasteiger charge is 2.31. The van der Waals surface area contributed by atoms with Crippen LogP contribution >= 0.6 is 12.4 Å². The molecule has 3 N–H and O–H groups in total. The first-order valence-corrected chi connectivity index (χ1v) is 6.58. The van der Waals surface area contributed by atoms with Crippen LogP contribution in [0.1, 0.15) is 30.6 Å². The molecule has 8 heteroatoms. The molecule has 1 aromatic rings. The summed E-state index contributed by atoms with van der Waals surface area (Å²) in [5.41, 5.74) is 5.84. The summed E-state index contributed by atoms with van der Waals surface area (Å²) < 4.78 is 39.8. The van der Waals surface area contributed by atoms with Crippen LogP contribution in [0.15, 0.2) is 24.3 Å². The minimum Gasteiger partial charge on any atom is -0.406 e. The lowest BCUT2D eigenvalue weighted by Gasteiger charge is -2.19. The SMILES string of the molecule is CC(C)CC(CN)NC(=O)c1ccc(OC(F)(F)F)cc1.Cl. The lowest BCUT2D eigenvalue weighted by atomic mass is 10.0. The Balaban J connectivity index is 0.00000441. The Bertz CT molecular complexity index is 464. The summed E-state index contributed by atoms with van der Waals surface area (Å²) >= 11 is 0. The zero-order valence-corrected chi connectivity index (χ0v) is 13.1. The number of hydrogen-bond acceptors (Lipinski definition) is 3. The lowest BCUT2D eigenvalue weighted by molar-refractivity contribution is -0.274. The van der Waals surface area contributed by atoms with E-state index in [9.17, 15) is 18.0 Å². The van der Waals surface area contributed by atoms with E-state index in [1.54, 1.807) is 0 Å². The largest absolute Gasteiger partial charge is 0.573 e. The summed E-state index contributed by atoms with van der Waals surface area (Å²) in [4.78, 5) is 12.0. The molecule has 0 aliphatic carbocycles. The molecular formula is C14H20ClF3N2O2. The van der Waals surface area contributed by atoms with Crippen LogP contribution in [0.3, 0.4) is 0 Å². The molecule has 1 unspecified atom stereocenters. The fourth-order valence-corrected chi connectivity index (χ4v) is 1.86. The van der Waals surface area contributed by atoms with Gasteiger partial charge in [-0.05, 0) is 36.6 Å². The van der Waals surface area contributed by atoms with Gasteiger partial charge in [0.05, 0.1) is 0 Å². The van der Waals surface area contributed by atoms with Crippen molar-refractivity contribution in [3.63, 3.8) is 0 Å². The molecule has 0 saturated carbocycles. The zero-order valence-electron chi connectivity index (χ0n) is 12.3. The predicted octanol–water partition coefficient (Wildman–Crippen LogP) is 3.11. The van der Waals surface area contributed by atoms with Crippen LogP contribution in [0.4, 0.5) is 13.2 Å². The van der Waals surface area contributed by atoms with Crippen molar-refractivity contribution in [3.05, 3.63) is 29.8 Å². The van der Waals surface area contributed by atoms with Gasteiger partial charge in [0.1, 0.15) is 5.75 Å². The molecule has 1 aromatic carbocycles. The smallest absolute Gasteiger partial charge is 0.406 e. The van der Waals surface area contributed by atoms with E-state index < -0.39 is 6.36 Å².